The first-order chi connectivity index (χ1) is 9.81. The zero-order valence-corrected chi connectivity index (χ0v) is 12.5. The molecule has 2 aromatic rings. The fourth-order valence-corrected chi connectivity index (χ4v) is 2.41. The van der Waals surface area contributed by atoms with Crippen LogP contribution in [0.4, 0.5) is 5.69 Å². The van der Waals surface area contributed by atoms with Crippen LogP contribution in [-0.4, -0.2) is 20.6 Å². The third-order valence-electron chi connectivity index (χ3n) is 2.97. The first-order valence-corrected chi connectivity index (χ1v) is 8.11. The molecule has 112 valence electrons. The van der Waals surface area contributed by atoms with Gasteiger partial charge >= 0.3 is 0 Å². The number of hydrogen-bond acceptors (Lipinski definition) is 5. The molecule has 1 aromatic heterocycles. The van der Waals surface area contributed by atoms with Crippen molar-refractivity contribution >= 4 is 21.4 Å². The van der Waals surface area contributed by atoms with Crippen LogP contribution in [0.15, 0.2) is 39.6 Å². The Morgan fingerprint density at radius 2 is 2.00 bits per heavy atom. The fourth-order valence-electron chi connectivity index (χ4n) is 1.76. The highest BCUT2D eigenvalue weighted by molar-refractivity contribution is 7.90. The molecule has 0 fully saturated rings. The predicted octanol–water partition coefficient (Wildman–Crippen LogP) is 1.70. The van der Waals surface area contributed by atoms with Crippen LogP contribution in [0.3, 0.4) is 0 Å². The molecule has 0 aliphatic rings. The van der Waals surface area contributed by atoms with Crippen molar-refractivity contribution in [2.75, 3.05) is 11.6 Å². The Balaban J connectivity index is 2.28. The molecule has 0 radical (unpaired) electrons. The molecule has 1 aromatic carbocycles. The number of aryl methyl sites for hydroxylation is 1. The van der Waals surface area contributed by atoms with Crippen molar-refractivity contribution in [2.45, 2.75) is 18.4 Å². The summed E-state index contributed by atoms with van der Waals surface area (Å²) in [5, 5.41) is 2.64. The standard InChI is InChI=1S/C14H16N2O4S/c1-9-3-5-11(21(2,18)19)7-12(9)16-14(17)13-6-4-10(8-15)20-13/h3-7H,8,15H2,1-2H3,(H,16,17). The van der Waals surface area contributed by atoms with E-state index >= 15 is 0 Å². The van der Waals surface area contributed by atoms with Crippen molar-refractivity contribution in [3.63, 3.8) is 0 Å². The van der Waals surface area contributed by atoms with E-state index in [0.717, 1.165) is 11.8 Å². The Bertz CT molecular complexity index is 778. The van der Waals surface area contributed by atoms with Gasteiger partial charge in [-0.2, -0.15) is 0 Å². The molecule has 0 atom stereocenters. The molecule has 21 heavy (non-hydrogen) atoms. The van der Waals surface area contributed by atoms with Crippen molar-refractivity contribution in [2.24, 2.45) is 5.73 Å². The number of amides is 1. The molecule has 1 heterocycles. The van der Waals surface area contributed by atoms with Gasteiger partial charge in [-0.05, 0) is 36.8 Å². The number of rotatable bonds is 4. The van der Waals surface area contributed by atoms with Crippen LogP contribution in [-0.2, 0) is 16.4 Å². The van der Waals surface area contributed by atoms with E-state index in [1.807, 2.05) is 0 Å². The number of furan rings is 1. The maximum Gasteiger partial charge on any atom is 0.291 e. The number of carbonyl (C=O) groups excluding carboxylic acids is 1. The van der Waals surface area contributed by atoms with E-state index in [1.165, 1.54) is 18.2 Å². The Hall–Kier alpha value is -2.12. The molecule has 3 N–H and O–H groups in total. The van der Waals surface area contributed by atoms with E-state index in [2.05, 4.69) is 5.32 Å². The number of nitrogens with one attached hydrogen (secondary N) is 1. The van der Waals surface area contributed by atoms with Crippen LogP contribution in [0.5, 0.6) is 0 Å². The average Bonchev–Trinajstić information content (AvgIpc) is 2.88. The van der Waals surface area contributed by atoms with Gasteiger partial charge in [-0.25, -0.2) is 8.42 Å². The lowest BCUT2D eigenvalue weighted by molar-refractivity contribution is 0.0995. The van der Waals surface area contributed by atoms with Crippen LogP contribution in [0.1, 0.15) is 21.9 Å². The molecule has 0 spiro atoms. The fraction of sp³-hybridized carbons (Fsp3) is 0.214. The number of anilines is 1. The van der Waals surface area contributed by atoms with Crippen molar-refractivity contribution in [3.8, 4) is 0 Å². The van der Waals surface area contributed by atoms with Crippen LogP contribution < -0.4 is 11.1 Å². The lowest BCUT2D eigenvalue weighted by Gasteiger charge is -2.09. The highest BCUT2D eigenvalue weighted by atomic mass is 32.2. The predicted molar refractivity (Wildman–Crippen MR) is 78.8 cm³/mol. The van der Waals surface area contributed by atoms with Gasteiger partial charge in [0.15, 0.2) is 15.6 Å². The van der Waals surface area contributed by atoms with E-state index < -0.39 is 15.7 Å². The summed E-state index contributed by atoms with van der Waals surface area (Å²) in [6.07, 6.45) is 1.11. The third-order valence-corrected chi connectivity index (χ3v) is 4.08. The lowest BCUT2D eigenvalue weighted by Crippen LogP contribution is -2.12. The zero-order chi connectivity index (χ0) is 15.6. The summed E-state index contributed by atoms with van der Waals surface area (Å²) < 4.78 is 28.3. The minimum Gasteiger partial charge on any atom is -0.455 e. The quantitative estimate of drug-likeness (QED) is 0.895. The molecule has 0 bridgehead atoms. The minimum atomic E-state index is -3.33. The Labute approximate surface area is 122 Å². The van der Waals surface area contributed by atoms with E-state index in [-0.39, 0.29) is 17.2 Å². The number of benzene rings is 1. The van der Waals surface area contributed by atoms with Gasteiger partial charge in [0.2, 0.25) is 0 Å². The highest BCUT2D eigenvalue weighted by Gasteiger charge is 2.14. The second-order valence-corrected chi connectivity index (χ2v) is 6.69. The summed E-state index contributed by atoms with van der Waals surface area (Å²) in [4.78, 5) is 12.2. The molecule has 7 heteroatoms. The average molecular weight is 308 g/mol. The summed E-state index contributed by atoms with van der Waals surface area (Å²) >= 11 is 0. The number of nitrogens with two attached hydrogens (primary N) is 1. The van der Waals surface area contributed by atoms with Crippen LogP contribution in [0.25, 0.3) is 0 Å². The molecular formula is C14H16N2O4S. The van der Waals surface area contributed by atoms with Gasteiger partial charge in [0.1, 0.15) is 5.76 Å². The number of carbonyl (C=O) groups is 1. The molecule has 2 rings (SSSR count). The monoisotopic (exact) mass is 308 g/mol. The molecule has 1 amide bonds. The summed E-state index contributed by atoms with van der Waals surface area (Å²) in [5.74, 6) is 0.171. The van der Waals surface area contributed by atoms with Gasteiger partial charge in [0.25, 0.3) is 5.91 Å². The van der Waals surface area contributed by atoms with Crippen molar-refractivity contribution in [3.05, 3.63) is 47.4 Å². The maximum absolute atomic E-state index is 12.1. The van der Waals surface area contributed by atoms with Crippen molar-refractivity contribution in [1.29, 1.82) is 0 Å². The highest BCUT2D eigenvalue weighted by Crippen LogP contribution is 2.21. The van der Waals surface area contributed by atoms with E-state index in [9.17, 15) is 13.2 Å². The normalized spacial score (nSPS) is 11.4. The lowest BCUT2D eigenvalue weighted by atomic mass is 10.2. The minimum absolute atomic E-state index is 0.125. The second-order valence-electron chi connectivity index (χ2n) is 4.67. The van der Waals surface area contributed by atoms with Crippen molar-refractivity contribution in [1.82, 2.24) is 0 Å². The molecule has 0 saturated carbocycles. The van der Waals surface area contributed by atoms with E-state index in [1.54, 1.807) is 19.1 Å². The van der Waals surface area contributed by atoms with Crippen LogP contribution in [0.2, 0.25) is 0 Å². The van der Waals surface area contributed by atoms with Gasteiger partial charge < -0.3 is 15.5 Å². The number of hydrogen-bond donors (Lipinski definition) is 2. The zero-order valence-electron chi connectivity index (χ0n) is 11.7. The first-order valence-electron chi connectivity index (χ1n) is 6.22. The van der Waals surface area contributed by atoms with Gasteiger partial charge in [-0.3, -0.25) is 4.79 Å². The van der Waals surface area contributed by atoms with Gasteiger partial charge in [-0.1, -0.05) is 6.07 Å². The van der Waals surface area contributed by atoms with Gasteiger partial charge in [0, 0.05) is 11.9 Å². The SMILES string of the molecule is Cc1ccc(S(C)(=O)=O)cc1NC(=O)c1ccc(CN)o1. The molecule has 6 nitrogen and oxygen atoms in total. The summed E-state index contributed by atoms with van der Waals surface area (Å²) in [6.45, 7) is 1.98. The van der Waals surface area contributed by atoms with Crippen molar-refractivity contribution < 1.29 is 17.6 Å². The Morgan fingerprint density at radius 3 is 2.57 bits per heavy atom. The van der Waals surface area contributed by atoms with E-state index in [0.29, 0.717) is 11.4 Å². The Morgan fingerprint density at radius 1 is 1.29 bits per heavy atom. The molecule has 0 aliphatic heterocycles. The largest absolute Gasteiger partial charge is 0.455 e. The number of sulfone groups is 1. The van der Waals surface area contributed by atoms with Gasteiger partial charge in [0.05, 0.1) is 11.4 Å². The summed E-state index contributed by atoms with van der Waals surface area (Å²) in [7, 11) is -3.33. The molecular weight excluding hydrogens is 292 g/mol. The maximum atomic E-state index is 12.1. The summed E-state index contributed by atoms with van der Waals surface area (Å²) in [6, 6.07) is 7.70. The first kappa shape index (κ1) is 15.3. The second kappa shape index (κ2) is 5.71. The van der Waals surface area contributed by atoms with Gasteiger partial charge in [-0.15, -0.1) is 0 Å². The molecule has 0 unspecified atom stereocenters. The van der Waals surface area contributed by atoms with E-state index in [4.69, 9.17) is 10.2 Å². The molecule has 0 saturated heterocycles. The van der Waals surface area contributed by atoms with Crippen LogP contribution >= 0.6 is 0 Å². The topological polar surface area (TPSA) is 102 Å². The third kappa shape index (κ3) is 3.50. The summed E-state index contributed by atoms with van der Waals surface area (Å²) in [5.41, 5.74) is 6.59. The Kier molecular flexibility index (Phi) is 4.15. The smallest absolute Gasteiger partial charge is 0.291 e. The van der Waals surface area contributed by atoms with Crippen LogP contribution in [0, 0.1) is 6.92 Å². The molecule has 0 aliphatic carbocycles.